The molecule has 8 nitrogen and oxygen atoms in total. The van der Waals surface area contributed by atoms with Gasteiger partial charge < -0.3 is 4.52 Å². The highest BCUT2D eigenvalue weighted by Gasteiger charge is 2.37. The molecule has 1 aliphatic heterocycles. The Labute approximate surface area is 154 Å². The number of sulfonamides is 1. The van der Waals surface area contributed by atoms with Gasteiger partial charge in [0.05, 0.1) is 17.1 Å². The normalized spacial score (nSPS) is 17.4. The maximum atomic E-state index is 13.1. The van der Waals surface area contributed by atoms with Gasteiger partial charge in [-0.25, -0.2) is 12.8 Å². The molecule has 0 atom stereocenters. The largest absolute Gasteiger partial charge is 0.332 e. The molecule has 3 heterocycles. The number of halogens is 1. The van der Waals surface area contributed by atoms with Crippen LogP contribution in [0.2, 0.25) is 0 Å². The lowest BCUT2D eigenvalue weighted by atomic mass is 10.2. The van der Waals surface area contributed by atoms with Gasteiger partial charge in [0.2, 0.25) is 10.0 Å². The smallest absolute Gasteiger partial charge is 0.278 e. The summed E-state index contributed by atoms with van der Waals surface area (Å²) in [4.78, 5) is 4.48. The molecule has 5 rings (SSSR count). The van der Waals surface area contributed by atoms with Crippen molar-refractivity contribution in [1.29, 1.82) is 0 Å². The fraction of sp³-hybridized carbons (Fsp3) is 0.353. The number of hydrogen-bond donors (Lipinski definition) is 0. The molecule has 0 unspecified atom stereocenters. The van der Waals surface area contributed by atoms with Gasteiger partial charge in [-0.3, -0.25) is 4.68 Å². The number of aromatic nitrogens is 4. The van der Waals surface area contributed by atoms with Gasteiger partial charge in [0.1, 0.15) is 5.82 Å². The van der Waals surface area contributed by atoms with E-state index in [2.05, 4.69) is 15.2 Å². The van der Waals surface area contributed by atoms with Crippen LogP contribution in [-0.2, 0) is 30.2 Å². The predicted molar refractivity (Wildman–Crippen MR) is 91.3 cm³/mol. The Balaban J connectivity index is 1.48. The van der Waals surface area contributed by atoms with E-state index in [9.17, 15) is 12.8 Å². The quantitative estimate of drug-likeness (QED) is 0.679. The van der Waals surface area contributed by atoms with Crippen LogP contribution in [0.15, 0.2) is 33.7 Å². The molecule has 1 aliphatic carbocycles. The van der Waals surface area contributed by atoms with E-state index < -0.39 is 15.8 Å². The van der Waals surface area contributed by atoms with Gasteiger partial charge in [-0.15, -0.1) is 0 Å². The molecule has 3 aromatic rings. The zero-order chi connectivity index (χ0) is 18.8. The van der Waals surface area contributed by atoms with E-state index in [0.29, 0.717) is 23.3 Å². The molecule has 2 aliphatic rings. The van der Waals surface area contributed by atoms with Crippen molar-refractivity contribution in [2.24, 2.45) is 7.05 Å². The highest BCUT2D eigenvalue weighted by Crippen LogP contribution is 2.40. The monoisotopic (exact) mass is 389 g/mol. The van der Waals surface area contributed by atoms with E-state index >= 15 is 0 Å². The van der Waals surface area contributed by atoms with Crippen molar-refractivity contribution in [2.75, 3.05) is 0 Å². The van der Waals surface area contributed by atoms with E-state index in [4.69, 9.17) is 4.52 Å². The zero-order valence-electron chi connectivity index (χ0n) is 14.5. The first-order valence-electron chi connectivity index (χ1n) is 8.58. The second-order valence-electron chi connectivity index (χ2n) is 6.86. The molecule has 0 amide bonds. The van der Waals surface area contributed by atoms with Gasteiger partial charge in [-0.05, 0) is 37.1 Å². The third kappa shape index (κ3) is 2.67. The number of rotatable bonds is 4. The molecule has 140 valence electrons. The molecular formula is C17H16FN5O3S. The average molecular weight is 389 g/mol. The summed E-state index contributed by atoms with van der Waals surface area (Å²) >= 11 is 0. The van der Waals surface area contributed by atoms with E-state index in [1.807, 2.05) is 0 Å². The Kier molecular flexibility index (Phi) is 3.50. The molecule has 0 radical (unpaired) electrons. The minimum atomic E-state index is -3.75. The molecule has 1 saturated carbocycles. The Morgan fingerprint density at radius 2 is 1.93 bits per heavy atom. The standard InChI is InChI=1S/C17H16FN5O3S/c1-22-14-9-23(27(24,25)12-6-4-11(18)5-7-12)8-13(14)15(20-22)17-19-16(21-26-17)10-2-3-10/h4-7,10H,2-3,8-9H2,1H3. The molecule has 2 aromatic heterocycles. The molecule has 0 N–H and O–H groups in total. The van der Waals surface area contributed by atoms with Crippen molar-refractivity contribution in [2.45, 2.75) is 36.7 Å². The first-order valence-corrected chi connectivity index (χ1v) is 10.0. The highest BCUT2D eigenvalue weighted by molar-refractivity contribution is 7.89. The summed E-state index contributed by atoms with van der Waals surface area (Å²) in [7, 11) is -1.99. The van der Waals surface area contributed by atoms with Gasteiger partial charge in [0.15, 0.2) is 11.5 Å². The first kappa shape index (κ1) is 16.6. The fourth-order valence-electron chi connectivity index (χ4n) is 3.30. The summed E-state index contributed by atoms with van der Waals surface area (Å²) < 4.78 is 47.3. The fourth-order valence-corrected chi connectivity index (χ4v) is 4.67. The molecule has 10 heteroatoms. The minimum Gasteiger partial charge on any atom is -0.332 e. The lowest BCUT2D eigenvalue weighted by Gasteiger charge is -2.16. The van der Waals surface area contributed by atoms with E-state index in [1.54, 1.807) is 11.7 Å². The van der Waals surface area contributed by atoms with E-state index in [0.717, 1.165) is 36.2 Å². The number of aryl methyl sites for hydroxylation is 1. The van der Waals surface area contributed by atoms with Crippen LogP contribution < -0.4 is 0 Å². The molecule has 0 saturated heterocycles. The second kappa shape index (κ2) is 5.70. The SMILES string of the molecule is Cn1nc(-c2nc(C3CC3)no2)c2c1CN(S(=O)(=O)c1ccc(F)cc1)C2. The summed E-state index contributed by atoms with van der Waals surface area (Å²) in [6, 6.07) is 4.82. The third-order valence-electron chi connectivity index (χ3n) is 4.97. The summed E-state index contributed by atoms with van der Waals surface area (Å²) in [6.45, 7) is 0.335. The second-order valence-corrected chi connectivity index (χ2v) is 8.79. The van der Waals surface area contributed by atoms with Crippen molar-refractivity contribution in [3.8, 4) is 11.6 Å². The van der Waals surface area contributed by atoms with Crippen molar-refractivity contribution in [1.82, 2.24) is 24.2 Å². The lowest BCUT2D eigenvalue weighted by Crippen LogP contribution is -2.26. The average Bonchev–Trinajstić information content (AvgIpc) is 3.09. The van der Waals surface area contributed by atoms with Gasteiger partial charge in [0, 0.05) is 25.1 Å². The van der Waals surface area contributed by atoms with Crippen LogP contribution in [0.5, 0.6) is 0 Å². The molecule has 0 spiro atoms. The number of fused-ring (bicyclic) bond motifs is 1. The van der Waals surface area contributed by atoms with Gasteiger partial charge in [0.25, 0.3) is 5.89 Å². The van der Waals surface area contributed by atoms with Crippen LogP contribution in [-0.4, -0.2) is 32.6 Å². The Morgan fingerprint density at radius 3 is 2.63 bits per heavy atom. The zero-order valence-corrected chi connectivity index (χ0v) is 15.3. The van der Waals surface area contributed by atoms with Gasteiger partial charge in [-0.2, -0.15) is 14.4 Å². The van der Waals surface area contributed by atoms with Crippen molar-refractivity contribution >= 4 is 10.0 Å². The highest BCUT2D eigenvalue weighted by atomic mass is 32.2. The maximum Gasteiger partial charge on any atom is 0.278 e. The maximum absolute atomic E-state index is 13.1. The Morgan fingerprint density at radius 1 is 1.19 bits per heavy atom. The lowest BCUT2D eigenvalue weighted by molar-refractivity contribution is 0.412. The van der Waals surface area contributed by atoms with E-state index in [-0.39, 0.29) is 18.0 Å². The van der Waals surface area contributed by atoms with Gasteiger partial charge in [-0.1, -0.05) is 5.16 Å². The van der Waals surface area contributed by atoms with Gasteiger partial charge >= 0.3 is 0 Å². The van der Waals surface area contributed by atoms with Crippen molar-refractivity contribution in [3.05, 3.63) is 47.2 Å². The Hall–Kier alpha value is -2.59. The molecular weight excluding hydrogens is 373 g/mol. The molecule has 27 heavy (non-hydrogen) atoms. The minimum absolute atomic E-state index is 0.0556. The number of nitrogens with zero attached hydrogens (tertiary/aromatic N) is 5. The molecule has 0 bridgehead atoms. The first-order chi connectivity index (χ1) is 12.9. The predicted octanol–water partition coefficient (Wildman–Crippen LogP) is 2.19. The van der Waals surface area contributed by atoms with Crippen molar-refractivity contribution < 1.29 is 17.3 Å². The summed E-state index contributed by atoms with van der Waals surface area (Å²) in [5.74, 6) is 0.871. The number of benzene rings is 1. The van der Waals surface area contributed by atoms with Crippen LogP contribution in [0.4, 0.5) is 4.39 Å². The van der Waals surface area contributed by atoms with Crippen LogP contribution in [0.3, 0.4) is 0 Å². The van der Waals surface area contributed by atoms with Crippen LogP contribution >= 0.6 is 0 Å². The topological polar surface area (TPSA) is 94.1 Å². The summed E-state index contributed by atoms with van der Waals surface area (Å²) in [6.07, 6.45) is 2.12. The van der Waals surface area contributed by atoms with E-state index in [1.165, 1.54) is 16.4 Å². The third-order valence-corrected chi connectivity index (χ3v) is 6.78. The molecule has 1 fully saturated rings. The summed E-state index contributed by atoms with van der Waals surface area (Å²) in [5.41, 5.74) is 2.06. The van der Waals surface area contributed by atoms with Crippen LogP contribution in [0, 0.1) is 5.82 Å². The Bertz CT molecular complexity index is 1130. The van der Waals surface area contributed by atoms with Crippen LogP contribution in [0.1, 0.15) is 35.8 Å². The number of hydrogen-bond acceptors (Lipinski definition) is 6. The van der Waals surface area contributed by atoms with Crippen LogP contribution in [0.25, 0.3) is 11.6 Å². The molecule has 1 aromatic carbocycles. The van der Waals surface area contributed by atoms with Crippen molar-refractivity contribution in [3.63, 3.8) is 0 Å². The summed E-state index contributed by atoms with van der Waals surface area (Å²) in [5, 5.41) is 8.46.